The lowest BCUT2D eigenvalue weighted by molar-refractivity contribution is -0.136. The Hall–Kier alpha value is -2.47. The van der Waals surface area contributed by atoms with E-state index in [0.717, 1.165) is 54.5 Å². The lowest BCUT2D eigenvalue weighted by Gasteiger charge is -2.21. The molecule has 0 atom stereocenters. The number of rotatable bonds is 8. The number of H-pyrrole nitrogens is 1. The number of halogens is 3. The fourth-order valence-corrected chi connectivity index (χ4v) is 3.89. The molecule has 6 heteroatoms. The number of alkyl halides is 3. The van der Waals surface area contributed by atoms with Gasteiger partial charge in [-0.1, -0.05) is 24.3 Å². The van der Waals surface area contributed by atoms with Gasteiger partial charge < -0.3 is 15.6 Å². The number of fused-ring (bicyclic) bond motifs is 1. The molecule has 0 fully saturated rings. The van der Waals surface area contributed by atoms with Gasteiger partial charge in [0.1, 0.15) is 0 Å². The molecule has 0 saturated carbocycles. The molecule has 3 aromatic rings. The summed E-state index contributed by atoms with van der Waals surface area (Å²) in [4.78, 5) is 5.33. The summed E-state index contributed by atoms with van der Waals surface area (Å²) in [5.74, 6) is 0. The molecular formula is C23H28F3N3. The van der Waals surface area contributed by atoms with Crippen molar-refractivity contribution in [1.29, 1.82) is 0 Å². The van der Waals surface area contributed by atoms with Gasteiger partial charge in [-0.3, -0.25) is 0 Å². The van der Waals surface area contributed by atoms with E-state index in [-0.39, 0.29) is 5.52 Å². The van der Waals surface area contributed by atoms with E-state index in [2.05, 4.69) is 23.7 Å². The van der Waals surface area contributed by atoms with Crippen LogP contribution < -0.4 is 10.6 Å². The van der Waals surface area contributed by atoms with Crippen molar-refractivity contribution in [2.45, 2.75) is 39.3 Å². The molecule has 0 aliphatic carbocycles. The highest BCUT2D eigenvalue weighted by atomic mass is 19.4. The molecule has 0 unspecified atom stereocenters. The average molecular weight is 403 g/mol. The molecule has 156 valence electrons. The molecular weight excluding hydrogens is 375 g/mol. The number of nitrogens with zero attached hydrogens (tertiary/aromatic N) is 1. The van der Waals surface area contributed by atoms with Gasteiger partial charge >= 0.3 is 6.18 Å². The molecule has 3 N–H and O–H groups in total. The molecule has 0 saturated heterocycles. The first kappa shape index (κ1) is 21.2. The lowest BCUT2D eigenvalue weighted by atomic mass is 9.99. The minimum absolute atomic E-state index is 0.158. The van der Waals surface area contributed by atoms with Crippen LogP contribution >= 0.6 is 0 Å². The van der Waals surface area contributed by atoms with Gasteiger partial charge in [-0.25, -0.2) is 0 Å². The number of para-hydroxylation sites is 1. The maximum absolute atomic E-state index is 13.5. The van der Waals surface area contributed by atoms with E-state index < -0.39 is 11.7 Å². The SMILES string of the molecule is CCN(CC)c1ccc(-c2[nH]c3c(C(F)(F)F)cccc3c2CCCCN)cc1. The quantitative estimate of drug-likeness (QED) is 0.454. The standard InChI is InChI=1S/C23H28F3N3/c1-3-29(4-2)17-13-11-16(12-14-17)21-18(8-5-6-15-27)19-9-7-10-20(22(19)28-21)23(24,25)26/h7,9-14,28H,3-6,8,15,27H2,1-2H3. The highest BCUT2D eigenvalue weighted by molar-refractivity contribution is 5.93. The van der Waals surface area contributed by atoms with Crippen molar-refractivity contribution in [2.24, 2.45) is 5.73 Å². The van der Waals surface area contributed by atoms with Crippen molar-refractivity contribution in [3.05, 3.63) is 53.6 Å². The number of hydrogen-bond donors (Lipinski definition) is 2. The number of anilines is 1. The van der Waals surface area contributed by atoms with Gasteiger partial charge in [0.05, 0.1) is 11.1 Å². The van der Waals surface area contributed by atoms with Gasteiger partial charge in [0.2, 0.25) is 0 Å². The van der Waals surface area contributed by atoms with Gasteiger partial charge in [-0.05, 0) is 69.0 Å². The predicted molar refractivity (Wildman–Crippen MR) is 114 cm³/mol. The van der Waals surface area contributed by atoms with Crippen LogP contribution in [0.4, 0.5) is 18.9 Å². The van der Waals surface area contributed by atoms with E-state index in [1.54, 1.807) is 6.07 Å². The fraction of sp³-hybridized carbons (Fsp3) is 0.391. The van der Waals surface area contributed by atoms with E-state index in [1.165, 1.54) is 6.07 Å². The Morgan fingerprint density at radius 1 is 0.966 bits per heavy atom. The Labute approximate surface area is 169 Å². The fourth-order valence-electron chi connectivity index (χ4n) is 3.89. The normalized spacial score (nSPS) is 11.9. The summed E-state index contributed by atoms with van der Waals surface area (Å²) >= 11 is 0. The first-order valence-electron chi connectivity index (χ1n) is 10.2. The molecule has 29 heavy (non-hydrogen) atoms. The van der Waals surface area contributed by atoms with Crippen LogP contribution in [-0.4, -0.2) is 24.6 Å². The molecule has 0 aliphatic heterocycles. The molecule has 0 bridgehead atoms. The zero-order chi connectivity index (χ0) is 21.0. The number of aromatic nitrogens is 1. The Balaban J connectivity index is 2.11. The number of aryl methyl sites for hydroxylation is 1. The van der Waals surface area contributed by atoms with Crippen LogP contribution in [0.25, 0.3) is 22.2 Å². The van der Waals surface area contributed by atoms with Crippen LogP contribution in [0.5, 0.6) is 0 Å². The molecule has 3 rings (SSSR count). The monoisotopic (exact) mass is 403 g/mol. The second-order valence-corrected chi connectivity index (χ2v) is 7.17. The number of nitrogens with two attached hydrogens (primary N) is 1. The smallest absolute Gasteiger partial charge is 0.372 e. The van der Waals surface area contributed by atoms with Crippen LogP contribution in [0.15, 0.2) is 42.5 Å². The third-order valence-corrected chi connectivity index (χ3v) is 5.41. The van der Waals surface area contributed by atoms with Crippen LogP contribution in [0, 0.1) is 0 Å². The summed E-state index contributed by atoms with van der Waals surface area (Å²) in [6.45, 7) is 6.58. The molecule has 0 aliphatic rings. The maximum Gasteiger partial charge on any atom is 0.418 e. The van der Waals surface area contributed by atoms with Crippen molar-refractivity contribution in [3.63, 3.8) is 0 Å². The van der Waals surface area contributed by atoms with Crippen LogP contribution in [0.1, 0.15) is 37.8 Å². The van der Waals surface area contributed by atoms with E-state index in [4.69, 9.17) is 5.73 Å². The molecule has 3 nitrogen and oxygen atoms in total. The van der Waals surface area contributed by atoms with Crippen molar-refractivity contribution in [1.82, 2.24) is 4.98 Å². The Morgan fingerprint density at radius 3 is 2.24 bits per heavy atom. The summed E-state index contributed by atoms with van der Waals surface area (Å²) in [6, 6.07) is 12.4. The average Bonchev–Trinajstić information content (AvgIpc) is 3.07. The van der Waals surface area contributed by atoms with Crippen LogP contribution in [0.3, 0.4) is 0 Å². The molecule has 0 spiro atoms. The van der Waals surface area contributed by atoms with Crippen molar-refractivity contribution in [2.75, 3.05) is 24.5 Å². The van der Waals surface area contributed by atoms with Crippen molar-refractivity contribution in [3.8, 4) is 11.3 Å². The lowest BCUT2D eigenvalue weighted by Crippen LogP contribution is -2.21. The van der Waals surface area contributed by atoms with Gasteiger partial charge in [0, 0.05) is 29.9 Å². The minimum atomic E-state index is -4.40. The van der Waals surface area contributed by atoms with Gasteiger partial charge in [0.15, 0.2) is 0 Å². The number of unbranched alkanes of at least 4 members (excludes halogenated alkanes) is 1. The van der Waals surface area contributed by atoms with E-state index in [0.29, 0.717) is 18.4 Å². The Morgan fingerprint density at radius 2 is 1.66 bits per heavy atom. The molecule has 0 radical (unpaired) electrons. The number of aromatic amines is 1. The molecule has 1 aromatic heterocycles. The zero-order valence-corrected chi connectivity index (χ0v) is 16.9. The van der Waals surface area contributed by atoms with E-state index >= 15 is 0 Å². The maximum atomic E-state index is 13.5. The summed E-state index contributed by atoms with van der Waals surface area (Å²) in [5, 5.41) is 0.639. The van der Waals surface area contributed by atoms with E-state index in [9.17, 15) is 13.2 Å². The summed E-state index contributed by atoms with van der Waals surface area (Å²) in [6.07, 6.45) is -2.04. The highest BCUT2D eigenvalue weighted by Crippen LogP contribution is 2.39. The zero-order valence-electron chi connectivity index (χ0n) is 16.9. The van der Waals surface area contributed by atoms with E-state index in [1.807, 2.05) is 24.3 Å². The van der Waals surface area contributed by atoms with Gasteiger partial charge in [-0.2, -0.15) is 13.2 Å². The van der Waals surface area contributed by atoms with Crippen molar-refractivity contribution >= 4 is 16.6 Å². The third-order valence-electron chi connectivity index (χ3n) is 5.41. The third kappa shape index (κ3) is 4.42. The molecule has 0 amide bonds. The summed E-state index contributed by atoms with van der Waals surface area (Å²) in [5.41, 5.74) is 8.85. The molecule has 1 heterocycles. The topological polar surface area (TPSA) is 45.0 Å². The van der Waals surface area contributed by atoms with Crippen LogP contribution in [0.2, 0.25) is 0 Å². The van der Waals surface area contributed by atoms with Crippen LogP contribution in [-0.2, 0) is 12.6 Å². The largest absolute Gasteiger partial charge is 0.418 e. The number of benzene rings is 2. The second-order valence-electron chi connectivity index (χ2n) is 7.17. The minimum Gasteiger partial charge on any atom is -0.372 e. The predicted octanol–water partition coefficient (Wildman–Crippen LogP) is 5.98. The van der Waals surface area contributed by atoms with Gasteiger partial charge in [-0.15, -0.1) is 0 Å². The Bertz CT molecular complexity index is 938. The summed E-state index contributed by atoms with van der Waals surface area (Å²) < 4.78 is 40.6. The first-order chi connectivity index (χ1) is 13.9. The first-order valence-corrected chi connectivity index (χ1v) is 10.2. The van der Waals surface area contributed by atoms with Gasteiger partial charge in [0.25, 0.3) is 0 Å². The van der Waals surface area contributed by atoms with Crippen molar-refractivity contribution < 1.29 is 13.2 Å². The Kier molecular flexibility index (Phi) is 6.52. The molecule has 2 aromatic carbocycles. The highest BCUT2D eigenvalue weighted by Gasteiger charge is 2.34. The number of nitrogens with one attached hydrogen (secondary N) is 1. The number of hydrogen-bond acceptors (Lipinski definition) is 2. The summed E-state index contributed by atoms with van der Waals surface area (Å²) in [7, 11) is 0. The second kappa shape index (κ2) is 8.91.